The van der Waals surface area contributed by atoms with Crippen LogP contribution >= 0.6 is 0 Å². The molecule has 0 saturated heterocycles. The van der Waals surface area contributed by atoms with E-state index in [-0.39, 0.29) is 12.4 Å². The molecule has 0 saturated carbocycles. The highest BCUT2D eigenvalue weighted by atomic mass is 19.2. The first-order valence-corrected chi connectivity index (χ1v) is 4.30. The van der Waals surface area contributed by atoms with Crippen molar-refractivity contribution in [1.82, 2.24) is 0 Å². The van der Waals surface area contributed by atoms with Crippen LogP contribution in [0.4, 0.5) is 8.78 Å². The van der Waals surface area contributed by atoms with Crippen molar-refractivity contribution in [2.75, 3.05) is 20.8 Å². The van der Waals surface area contributed by atoms with E-state index in [2.05, 4.69) is 0 Å². The van der Waals surface area contributed by atoms with Crippen LogP contribution in [-0.2, 0) is 9.47 Å². The van der Waals surface area contributed by atoms with Gasteiger partial charge in [0.05, 0.1) is 0 Å². The summed E-state index contributed by atoms with van der Waals surface area (Å²) in [7, 11) is 2.92. The van der Waals surface area contributed by atoms with Crippen molar-refractivity contribution in [2.45, 2.75) is 6.29 Å². The van der Waals surface area contributed by atoms with Crippen LogP contribution in [0.1, 0.15) is 0 Å². The number of methoxy groups -OCH3 is 2. The van der Waals surface area contributed by atoms with Gasteiger partial charge in [0.25, 0.3) is 0 Å². The predicted octanol–water partition coefficient (Wildman–Crippen LogP) is 1.96. The molecule has 5 heteroatoms. The van der Waals surface area contributed by atoms with Crippen LogP contribution < -0.4 is 4.74 Å². The smallest absolute Gasteiger partial charge is 0.191 e. The van der Waals surface area contributed by atoms with Gasteiger partial charge in [-0.2, -0.15) is 0 Å². The molecule has 0 aliphatic carbocycles. The Bertz CT molecular complexity index is 314. The van der Waals surface area contributed by atoms with Crippen molar-refractivity contribution in [3.63, 3.8) is 0 Å². The zero-order valence-corrected chi connectivity index (χ0v) is 8.50. The second-order valence-corrected chi connectivity index (χ2v) is 2.79. The number of rotatable bonds is 5. The van der Waals surface area contributed by atoms with Crippen LogP contribution in [0.2, 0.25) is 0 Å². The summed E-state index contributed by atoms with van der Waals surface area (Å²) < 4.78 is 40.1. The highest BCUT2D eigenvalue weighted by Crippen LogP contribution is 2.15. The Hall–Kier alpha value is -1.20. The molecule has 0 fully saturated rings. The molecule has 0 unspecified atom stereocenters. The number of hydrogen-bond donors (Lipinski definition) is 0. The van der Waals surface area contributed by atoms with Crippen LogP contribution in [0.5, 0.6) is 5.75 Å². The molecule has 15 heavy (non-hydrogen) atoms. The summed E-state index contributed by atoms with van der Waals surface area (Å²) >= 11 is 0. The first-order valence-electron chi connectivity index (χ1n) is 4.30. The zero-order valence-electron chi connectivity index (χ0n) is 8.50. The Morgan fingerprint density at radius 1 is 1.13 bits per heavy atom. The Kier molecular flexibility index (Phi) is 4.45. The van der Waals surface area contributed by atoms with Crippen LogP contribution in [-0.4, -0.2) is 27.1 Å². The summed E-state index contributed by atoms with van der Waals surface area (Å²) in [5, 5.41) is 0. The quantitative estimate of drug-likeness (QED) is 0.707. The Morgan fingerprint density at radius 2 is 1.80 bits per heavy atom. The maximum Gasteiger partial charge on any atom is 0.191 e. The molecule has 0 bridgehead atoms. The van der Waals surface area contributed by atoms with E-state index in [1.807, 2.05) is 0 Å². The van der Waals surface area contributed by atoms with Gasteiger partial charge in [-0.25, -0.2) is 8.78 Å². The lowest BCUT2D eigenvalue weighted by molar-refractivity contribution is -0.122. The standard InChI is InChI=1S/C10H12F2O3/c1-13-10(14-2)6-15-7-3-4-8(11)9(12)5-7/h3-5,10H,6H2,1-2H3. The van der Waals surface area contributed by atoms with E-state index in [1.54, 1.807) is 0 Å². The fourth-order valence-electron chi connectivity index (χ4n) is 0.963. The third kappa shape index (κ3) is 3.45. The average Bonchev–Trinajstić information content (AvgIpc) is 2.24. The second-order valence-electron chi connectivity index (χ2n) is 2.79. The van der Waals surface area contributed by atoms with Crippen molar-refractivity contribution in [2.24, 2.45) is 0 Å². The average molecular weight is 218 g/mol. The molecule has 1 aromatic rings. The van der Waals surface area contributed by atoms with Gasteiger partial charge in [-0.15, -0.1) is 0 Å². The number of benzene rings is 1. The van der Waals surface area contributed by atoms with Gasteiger partial charge in [0.1, 0.15) is 12.4 Å². The highest BCUT2D eigenvalue weighted by Gasteiger charge is 2.07. The minimum absolute atomic E-state index is 0.109. The molecule has 0 aliphatic rings. The fourth-order valence-corrected chi connectivity index (χ4v) is 0.963. The molecular weight excluding hydrogens is 206 g/mol. The lowest BCUT2D eigenvalue weighted by atomic mass is 10.3. The van der Waals surface area contributed by atoms with Gasteiger partial charge in [-0.1, -0.05) is 0 Å². The third-order valence-electron chi connectivity index (χ3n) is 1.80. The lowest BCUT2D eigenvalue weighted by Crippen LogP contribution is -2.22. The first-order chi connectivity index (χ1) is 7.17. The van der Waals surface area contributed by atoms with Crippen LogP contribution in [0.25, 0.3) is 0 Å². The summed E-state index contributed by atoms with van der Waals surface area (Å²) in [6.07, 6.45) is -0.530. The van der Waals surface area contributed by atoms with Gasteiger partial charge >= 0.3 is 0 Å². The fraction of sp³-hybridized carbons (Fsp3) is 0.400. The molecule has 0 aromatic heterocycles. The maximum absolute atomic E-state index is 12.7. The lowest BCUT2D eigenvalue weighted by Gasteiger charge is -2.14. The Labute approximate surface area is 86.6 Å². The van der Waals surface area contributed by atoms with E-state index < -0.39 is 17.9 Å². The van der Waals surface area contributed by atoms with Gasteiger partial charge in [-0.05, 0) is 12.1 Å². The Balaban J connectivity index is 2.54. The predicted molar refractivity (Wildman–Crippen MR) is 49.7 cm³/mol. The molecule has 0 aliphatic heterocycles. The van der Waals surface area contributed by atoms with Gasteiger partial charge < -0.3 is 14.2 Å². The molecule has 0 radical (unpaired) electrons. The Morgan fingerprint density at radius 3 is 2.33 bits per heavy atom. The normalized spacial score (nSPS) is 10.7. The van der Waals surface area contributed by atoms with Crippen LogP contribution in [0.3, 0.4) is 0 Å². The third-order valence-corrected chi connectivity index (χ3v) is 1.80. The van der Waals surface area contributed by atoms with Crippen molar-refractivity contribution < 1.29 is 23.0 Å². The van der Waals surface area contributed by atoms with E-state index in [1.165, 1.54) is 20.3 Å². The monoisotopic (exact) mass is 218 g/mol. The van der Waals surface area contributed by atoms with Crippen LogP contribution in [0.15, 0.2) is 18.2 Å². The topological polar surface area (TPSA) is 27.7 Å². The molecule has 0 heterocycles. The van der Waals surface area contributed by atoms with Gasteiger partial charge in [0.15, 0.2) is 17.9 Å². The summed E-state index contributed by atoms with van der Waals surface area (Å²) in [6, 6.07) is 3.30. The van der Waals surface area contributed by atoms with Gasteiger partial charge in [0, 0.05) is 20.3 Å². The van der Waals surface area contributed by atoms with E-state index in [0.717, 1.165) is 12.1 Å². The molecule has 0 spiro atoms. The van der Waals surface area contributed by atoms with E-state index >= 15 is 0 Å². The minimum atomic E-state index is -0.945. The summed E-state index contributed by atoms with van der Waals surface area (Å²) in [5.74, 6) is -1.62. The largest absolute Gasteiger partial charge is 0.488 e. The van der Waals surface area contributed by atoms with Crippen molar-refractivity contribution in [1.29, 1.82) is 0 Å². The highest BCUT2D eigenvalue weighted by molar-refractivity contribution is 5.23. The summed E-state index contributed by atoms with van der Waals surface area (Å²) in [4.78, 5) is 0. The van der Waals surface area contributed by atoms with E-state index in [4.69, 9.17) is 14.2 Å². The molecule has 1 rings (SSSR count). The SMILES string of the molecule is COC(COc1ccc(F)c(F)c1)OC. The van der Waals surface area contributed by atoms with E-state index in [0.29, 0.717) is 0 Å². The molecule has 0 atom stereocenters. The molecule has 1 aromatic carbocycles. The van der Waals surface area contributed by atoms with Crippen LogP contribution in [0, 0.1) is 11.6 Å². The maximum atomic E-state index is 12.7. The summed E-state index contributed by atoms with van der Waals surface area (Å²) in [6.45, 7) is 0.109. The molecule has 3 nitrogen and oxygen atoms in total. The van der Waals surface area contributed by atoms with E-state index in [9.17, 15) is 8.78 Å². The van der Waals surface area contributed by atoms with Crippen molar-refractivity contribution >= 4 is 0 Å². The molecule has 0 N–H and O–H groups in total. The molecular formula is C10H12F2O3. The van der Waals surface area contributed by atoms with Crippen molar-refractivity contribution in [3.8, 4) is 5.75 Å². The number of hydrogen-bond acceptors (Lipinski definition) is 3. The summed E-state index contributed by atoms with van der Waals surface area (Å²) in [5.41, 5.74) is 0. The van der Waals surface area contributed by atoms with Gasteiger partial charge in [0.2, 0.25) is 0 Å². The first kappa shape index (κ1) is 11.9. The van der Waals surface area contributed by atoms with Crippen molar-refractivity contribution in [3.05, 3.63) is 29.8 Å². The number of ether oxygens (including phenoxy) is 3. The minimum Gasteiger partial charge on any atom is -0.488 e. The zero-order chi connectivity index (χ0) is 11.3. The number of halogens is 2. The van der Waals surface area contributed by atoms with Gasteiger partial charge in [-0.3, -0.25) is 0 Å². The second kappa shape index (κ2) is 5.63. The molecule has 0 amide bonds. The molecule has 84 valence electrons.